The lowest BCUT2D eigenvalue weighted by Crippen LogP contribution is -2.22. The van der Waals surface area contributed by atoms with Gasteiger partial charge in [0.05, 0.1) is 0 Å². The first kappa shape index (κ1) is 18.1. The van der Waals surface area contributed by atoms with Crippen LogP contribution in [0.2, 0.25) is 0 Å². The molecule has 0 nitrogen and oxygen atoms in total. The third-order valence-corrected chi connectivity index (χ3v) is 5.45. The molecular weight excluding hydrogens is 240 g/mol. The van der Waals surface area contributed by atoms with Crippen LogP contribution in [-0.2, 0) is 0 Å². The van der Waals surface area contributed by atoms with Gasteiger partial charge in [0.25, 0.3) is 0 Å². The van der Waals surface area contributed by atoms with Gasteiger partial charge < -0.3 is 0 Å². The van der Waals surface area contributed by atoms with E-state index in [0.717, 1.165) is 23.7 Å². The number of hydrogen-bond donors (Lipinski definition) is 0. The summed E-state index contributed by atoms with van der Waals surface area (Å²) < 4.78 is 0. The van der Waals surface area contributed by atoms with Crippen molar-refractivity contribution in [2.45, 2.75) is 105 Å². The molecule has 1 aliphatic rings. The summed E-state index contributed by atoms with van der Waals surface area (Å²) in [4.78, 5) is 0. The predicted molar refractivity (Wildman–Crippen MR) is 92.1 cm³/mol. The van der Waals surface area contributed by atoms with Crippen molar-refractivity contribution in [1.82, 2.24) is 0 Å². The normalized spacial score (nSPS) is 31.8. The molecule has 0 amide bonds. The highest BCUT2D eigenvalue weighted by molar-refractivity contribution is 4.79. The van der Waals surface area contributed by atoms with Crippen LogP contribution in [0.4, 0.5) is 0 Å². The van der Waals surface area contributed by atoms with Crippen LogP contribution in [0.3, 0.4) is 0 Å². The van der Waals surface area contributed by atoms with Gasteiger partial charge in [-0.2, -0.15) is 0 Å². The standard InChI is InChI=1S/C20H40/c1-5-9-17-13-18(10-6-2)15-20(12-8-4)16-19(14-17)11-7-3/h17-20H,5-16H2,1-4H3. The van der Waals surface area contributed by atoms with Gasteiger partial charge in [0.2, 0.25) is 0 Å². The Morgan fingerprint density at radius 3 is 0.800 bits per heavy atom. The molecule has 1 rings (SSSR count). The second-order valence-electron chi connectivity index (χ2n) is 7.56. The quantitative estimate of drug-likeness (QED) is 0.440. The molecule has 0 unspecified atom stereocenters. The lowest BCUT2D eigenvalue weighted by molar-refractivity contribution is 0.169. The van der Waals surface area contributed by atoms with Gasteiger partial charge in [0.15, 0.2) is 0 Å². The molecule has 0 saturated heterocycles. The number of hydrogen-bond acceptors (Lipinski definition) is 0. The van der Waals surface area contributed by atoms with E-state index in [4.69, 9.17) is 0 Å². The van der Waals surface area contributed by atoms with Crippen molar-refractivity contribution in [2.75, 3.05) is 0 Å². The zero-order valence-electron chi connectivity index (χ0n) is 14.8. The molecule has 1 saturated carbocycles. The molecule has 0 radical (unpaired) electrons. The van der Waals surface area contributed by atoms with Crippen molar-refractivity contribution in [1.29, 1.82) is 0 Å². The van der Waals surface area contributed by atoms with E-state index in [0.29, 0.717) is 0 Å². The van der Waals surface area contributed by atoms with Gasteiger partial charge in [0, 0.05) is 0 Å². The zero-order chi connectivity index (χ0) is 14.8. The van der Waals surface area contributed by atoms with Crippen LogP contribution in [0.15, 0.2) is 0 Å². The molecule has 0 N–H and O–H groups in total. The smallest absolute Gasteiger partial charge is 0.0409 e. The van der Waals surface area contributed by atoms with Gasteiger partial charge in [-0.1, -0.05) is 79.1 Å². The molecule has 0 aromatic rings. The van der Waals surface area contributed by atoms with Crippen LogP contribution in [-0.4, -0.2) is 0 Å². The molecule has 0 aliphatic heterocycles. The number of rotatable bonds is 8. The Balaban J connectivity index is 2.67. The maximum atomic E-state index is 2.38. The molecular formula is C20H40. The van der Waals surface area contributed by atoms with Crippen molar-refractivity contribution in [2.24, 2.45) is 23.7 Å². The molecule has 0 bridgehead atoms. The van der Waals surface area contributed by atoms with Gasteiger partial charge in [-0.25, -0.2) is 0 Å². The second kappa shape index (κ2) is 10.7. The average molecular weight is 281 g/mol. The van der Waals surface area contributed by atoms with Gasteiger partial charge in [-0.15, -0.1) is 0 Å². The van der Waals surface area contributed by atoms with Crippen molar-refractivity contribution in [3.8, 4) is 0 Å². The summed E-state index contributed by atoms with van der Waals surface area (Å²) in [6, 6.07) is 0. The molecule has 120 valence electrons. The summed E-state index contributed by atoms with van der Waals surface area (Å²) in [7, 11) is 0. The SMILES string of the molecule is CCCC1CC(CCC)CC(CCC)CC(CCC)C1. The lowest BCUT2D eigenvalue weighted by Gasteiger charge is -2.35. The van der Waals surface area contributed by atoms with Crippen LogP contribution in [0.25, 0.3) is 0 Å². The molecule has 20 heavy (non-hydrogen) atoms. The molecule has 0 aromatic carbocycles. The van der Waals surface area contributed by atoms with E-state index in [-0.39, 0.29) is 0 Å². The Morgan fingerprint density at radius 1 is 0.450 bits per heavy atom. The van der Waals surface area contributed by atoms with Crippen LogP contribution in [0.1, 0.15) is 105 Å². The Morgan fingerprint density at radius 2 is 0.650 bits per heavy atom. The third-order valence-electron chi connectivity index (χ3n) is 5.45. The van der Waals surface area contributed by atoms with Gasteiger partial charge in [0.1, 0.15) is 0 Å². The average Bonchev–Trinajstić information content (AvgIpc) is 2.37. The summed E-state index contributed by atoms with van der Waals surface area (Å²) in [5.74, 6) is 4.15. The van der Waals surface area contributed by atoms with Crippen LogP contribution in [0, 0.1) is 23.7 Å². The van der Waals surface area contributed by atoms with E-state index >= 15 is 0 Å². The Labute approximate surface area is 129 Å². The molecule has 0 heterocycles. The van der Waals surface area contributed by atoms with Gasteiger partial charge in [-0.05, 0) is 49.4 Å². The first-order valence-corrected chi connectivity index (χ1v) is 9.73. The van der Waals surface area contributed by atoms with Gasteiger partial charge in [-0.3, -0.25) is 0 Å². The van der Waals surface area contributed by atoms with Crippen molar-refractivity contribution >= 4 is 0 Å². The van der Waals surface area contributed by atoms with E-state index < -0.39 is 0 Å². The van der Waals surface area contributed by atoms with Gasteiger partial charge >= 0.3 is 0 Å². The maximum absolute atomic E-state index is 2.38. The third kappa shape index (κ3) is 6.64. The molecule has 1 fully saturated rings. The fraction of sp³-hybridized carbons (Fsp3) is 1.00. The first-order chi connectivity index (χ1) is 9.73. The summed E-state index contributed by atoms with van der Waals surface area (Å²) in [5, 5.41) is 0. The van der Waals surface area contributed by atoms with Crippen molar-refractivity contribution < 1.29 is 0 Å². The van der Waals surface area contributed by atoms with Crippen LogP contribution >= 0.6 is 0 Å². The zero-order valence-corrected chi connectivity index (χ0v) is 14.8. The topological polar surface area (TPSA) is 0 Å². The van der Waals surface area contributed by atoms with E-state index in [9.17, 15) is 0 Å². The first-order valence-electron chi connectivity index (χ1n) is 9.73. The largest absolute Gasteiger partial charge is 0.0654 e. The maximum Gasteiger partial charge on any atom is -0.0409 e. The van der Waals surface area contributed by atoms with Crippen LogP contribution in [0.5, 0.6) is 0 Å². The van der Waals surface area contributed by atoms with E-state index in [1.165, 1.54) is 51.4 Å². The monoisotopic (exact) mass is 280 g/mol. The lowest BCUT2D eigenvalue weighted by atomic mass is 9.71. The van der Waals surface area contributed by atoms with E-state index in [1.54, 1.807) is 25.7 Å². The summed E-state index contributed by atoms with van der Waals surface area (Å²) >= 11 is 0. The fourth-order valence-corrected chi connectivity index (χ4v) is 4.85. The van der Waals surface area contributed by atoms with Crippen molar-refractivity contribution in [3.05, 3.63) is 0 Å². The highest BCUT2D eigenvalue weighted by Crippen LogP contribution is 2.39. The Kier molecular flexibility index (Phi) is 9.65. The molecule has 0 atom stereocenters. The predicted octanol–water partition coefficient (Wildman–Crippen LogP) is 7.23. The van der Waals surface area contributed by atoms with Crippen molar-refractivity contribution in [3.63, 3.8) is 0 Å². The van der Waals surface area contributed by atoms with E-state index in [1.807, 2.05) is 0 Å². The molecule has 0 aromatic heterocycles. The summed E-state index contributed by atoms with van der Waals surface area (Å²) in [5.41, 5.74) is 0. The highest BCUT2D eigenvalue weighted by Gasteiger charge is 2.27. The summed E-state index contributed by atoms with van der Waals surface area (Å²) in [6.45, 7) is 9.51. The Hall–Kier alpha value is 0. The van der Waals surface area contributed by atoms with Crippen LogP contribution < -0.4 is 0 Å². The minimum absolute atomic E-state index is 1.04. The molecule has 0 heteroatoms. The molecule has 0 spiro atoms. The summed E-state index contributed by atoms with van der Waals surface area (Å²) in [6.07, 6.45) is 17.7. The molecule has 1 aliphatic carbocycles. The second-order valence-corrected chi connectivity index (χ2v) is 7.56. The fourth-order valence-electron chi connectivity index (χ4n) is 4.85. The van der Waals surface area contributed by atoms with E-state index in [2.05, 4.69) is 27.7 Å². The highest BCUT2D eigenvalue weighted by atomic mass is 14.3. The Bertz CT molecular complexity index is 164. The minimum Gasteiger partial charge on any atom is -0.0654 e. The minimum atomic E-state index is 1.04.